The fourth-order valence-corrected chi connectivity index (χ4v) is 3.33. The van der Waals surface area contributed by atoms with E-state index in [4.69, 9.17) is 15.2 Å². The van der Waals surface area contributed by atoms with Crippen molar-refractivity contribution in [3.05, 3.63) is 21.9 Å². The fourth-order valence-electron chi connectivity index (χ4n) is 2.64. The molecule has 0 unspecified atom stereocenters. The van der Waals surface area contributed by atoms with Gasteiger partial charge in [0, 0.05) is 17.2 Å². The normalized spacial score (nSPS) is 17.8. The van der Waals surface area contributed by atoms with E-state index in [0.717, 1.165) is 25.7 Å². The van der Waals surface area contributed by atoms with Crippen LogP contribution in [0.3, 0.4) is 0 Å². The van der Waals surface area contributed by atoms with Gasteiger partial charge in [0.05, 0.1) is 18.7 Å². The second kappa shape index (κ2) is 5.05. The maximum Gasteiger partial charge on any atom is 0.167 e. The Morgan fingerprint density at radius 1 is 1.28 bits per heavy atom. The minimum atomic E-state index is -0.542. The summed E-state index contributed by atoms with van der Waals surface area (Å²) >= 11 is 3.29. The monoisotopic (exact) mass is 317 g/mol. The van der Waals surface area contributed by atoms with E-state index in [0.29, 0.717) is 21.5 Å². The zero-order chi connectivity index (χ0) is 13.3. The summed E-state index contributed by atoms with van der Waals surface area (Å²) in [6.45, 7) is 0. The molecule has 2 rings (SSSR count). The Hall–Kier alpha value is -0.810. The third-order valence-corrected chi connectivity index (χ3v) is 4.33. The van der Waals surface area contributed by atoms with Crippen LogP contribution in [-0.2, 0) is 5.54 Å². The van der Waals surface area contributed by atoms with E-state index in [1.165, 1.54) is 13.2 Å². The van der Waals surface area contributed by atoms with Crippen molar-refractivity contribution >= 4 is 15.9 Å². The second-order valence-electron chi connectivity index (χ2n) is 4.65. The van der Waals surface area contributed by atoms with Crippen LogP contribution in [-0.4, -0.2) is 14.2 Å². The average molecular weight is 318 g/mol. The van der Waals surface area contributed by atoms with Gasteiger partial charge in [-0.3, -0.25) is 0 Å². The Bertz CT molecular complexity index is 459. The predicted octanol–water partition coefficient (Wildman–Crippen LogP) is 3.33. The maximum absolute atomic E-state index is 13.9. The van der Waals surface area contributed by atoms with Gasteiger partial charge < -0.3 is 15.2 Å². The number of nitrogens with two attached hydrogens (primary N) is 1. The number of hydrogen-bond acceptors (Lipinski definition) is 3. The van der Waals surface area contributed by atoms with Crippen molar-refractivity contribution in [3.8, 4) is 11.5 Å². The van der Waals surface area contributed by atoms with Gasteiger partial charge in [-0.25, -0.2) is 4.39 Å². The summed E-state index contributed by atoms with van der Waals surface area (Å²) in [4.78, 5) is 0. The maximum atomic E-state index is 13.9. The quantitative estimate of drug-likeness (QED) is 0.930. The van der Waals surface area contributed by atoms with Gasteiger partial charge in [-0.1, -0.05) is 12.8 Å². The lowest BCUT2D eigenvalue weighted by Gasteiger charge is -2.28. The molecule has 0 bridgehead atoms. The molecule has 0 atom stereocenters. The van der Waals surface area contributed by atoms with Gasteiger partial charge >= 0.3 is 0 Å². The number of rotatable bonds is 3. The van der Waals surface area contributed by atoms with Crippen LogP contribution in [0.15, 0.2) is 10.5 Å². The molecule has 0 radical (unpaired) electrons. The van der Waals surface area contributed by atoms with Gasteiger partial charge in [-0.15, -0.1) is 0 Å². The summed E-state index contributed by atoms with van der Waals surface area (Å²) in [6.07, 6.45) is 3.75. The lowest BCUT2D eigenvalue weighted by molar-refractivity contribution is 0.332. The first kappa shape index (κ1) is 13.6. The van der Waals surface area contributed by atoms with Crippen molar-refractivity contribution in [1.82, 2.24) is 0 Å². The zero-order valence-electron chi connectivity index (χ0n) is 10.6. The summed E-state index contributed by atoms with van der Waals surface area (Å²) in [5, 5.41) is 0. The Labute approximate surface area is 115 Å². The van der Waals surface area contributed by atoms with Gasteiger partial charge in [0.15, 0.2) is 11.5 Å². The number of ether oxygens (including phenoxy) is 2. The molecule has 0 amide bonds. The van der Waals surface area contributed by atoms with E-state index in [1.54, 1.807) is 7.11 Å². The molecule has 1 saturated carbocycles. The summed E-state index contributed by atoms with van der Waals surface area (Å²) in [7, 11) is 3.04. The molecule has 18 heavy (non-hydrogen) atoms. The molecule has 2 N–H and O–H groups in total. The van der Waals surface area contributed by atoms with Gasteiger partial charge in [0.2, 0.25) is 0 Å². The van der Waals surface area contributed by atoms with Gasteiger partial charge in [-0.2, -0.15) is 0 Å². The average Bonchev–Trinajstić information content (AvgIpc) is 2.79. The van der Waals surface area contributed by atoms with E-state index >= 15 is 0 Å². The van der Waals surface area contributed by atoms with Gasteiger partial charge in [-0.05, 0) is 28.8 Å². The summed E-state index contributed by atoms with van der Waals surface area (Å²) in [6, 6.07) is 1.31. The first-order chi connectivity index (χ1) is 8.53. The van der Waals surface area contributed by atoms with Crippen LogP contribution in [0.2, 0.25) is 0 Å². The SMILES string of the molecule is COc1cc(F)c(Br)c(C2(N)CCCC2)c1OC. The van der Waals surface area contributed by atoms with Crippen molar-refractivity contribution in [1.29, 1.82) is 0 Å². The molecule has 1 aliphatic carbocycles. The van der Waals surface area contributed by atoms with Crippen molar-refractivity contribution in [2.24, 2.45) is 5.73 Å². The highest BCUT2D eigenvalue weighted by atomic mass is 79.9. The molecule has 1 fully saturated rings. The van der Waals surface area contributed by atoms with E-state index < -0.39 is 5.54 Å². The first-order valence-corrected chi connectivity index (χ1v) is 6.72. The van der Waals surface area contributed by atoms with Crippen LogP contribution in [0.5, 0.6) is 11.5 Å². The smallest absolute Gasteiger partial charge is 0.167 e. The van der Waals surface area contributed by atoms with Crippen LogP contribution in [0.4, 0.5) is 4.39 Å². The van der Waals surface area contributed by atoms with Crippen LogP contribution in [0.25, 0.3) is 0 Å². The minimum absolute atomic E-state index is 0.376. The third kappa shape index (κ3) is 2.10. The summed E-state index contributed by atoms with van der Waals surface area (Å²) < 4.78 is 24.9. The highest BCUT2D eigenvalue weighted by molar-refractivity contribution is 9.10. The third-order valence-electron chi connectivity index (χ3n) is 3.56. The number of halogens is 2. The minimum Gasteiger partial charge on any atom is -0.493 e. The molecular weight excluding hydrogens is 301 g/mol. The molecule has 5 heteroatoms. The molecule has 0 heterocycles. The summed E-state index contributed by atoms with van der Waals surface area (Å²) in [5.41, 5.74) is 6.56. The lowest BCUT2D eigenvalue weighted by Crippen LogP contribution is -2.34. The Kier molecular flexibility index (Phi) is 3.82. The Morgan fingerprint density at radius 3 is 2.39 bits per heavy atom. The standard InChI is InChI=1S/C13H17BrFNO2/c1-17-9-7-8(15)11(14)10(12(9)18-2)13(16)5-3-4-6-13/h7H,3-6,16H2,1-2H3. The van der Waals surface area contributed by atoms with Crippen molar-refractivity contribution < 1.29 is 13.9 Å². The molecule has 0 saturated heterocycles. The molecule has 0 spiro atoms. The number of benzene rings is 1. The second-order valence-corrected chi connectivity index (χ2v) is 5.44. The number of hydrogen-bond donors (Lipinski definition) is 1. The highest BCUT2D eigenvalue weighted by Gasteiger charge is 2.38. The number of methoxy groups -OCH3 is 2. The molecule has 100 valence electrons. The van der Waals surface area contributed by atoms with Crippen LogP contribution < -0.4 is 15.2 Å². The van der Waals surface area contributed by atoms with Crippen molar-refractivity contribution in [3.63, 3.8) is 0 Å². The zero-order valence-corrected chi connectivity index (χ0v) is 12.1. The van der Waals surface area contributed by atoms with Crippen molar-refractivity contribution in [2.75, 3.05) is 14.2 Å². The molecular formula is C13H17BrFNO2. The van der Waals surface area contributed by atoms with Crippen molar-refractivity contribution in [2.45, 2.75) is 31.2 Å². The molecule has 0 aromatic heterocycles. The molecule has 1 aromatic carbocycles. The van der Waals surface area contributed by atoms with Crippen LogP contribution in [0.1, 0.15) is 31.2 Å². The Morgan fingerprint density at radius 2 is 1.89 bits per heavy atom. The summed E-state index contributed by atoms with van der Waals surface area (Å²) in [5.74, 6) is 0.527. The highest BCUT2D eigenvalue weighted by Crippen LogP contribution is 2.48. The largest absolute Gasteiger partial charge is 0.493 e. The topological polar surface area (TPSA) is 44.5 Å². The lowest BCUT2D eigenvalue weighted by atomic mass is 9.88. The molecule has 3 nitrogen and oxygen atoms in total. The van der Waals surface area contributed by atoms with E-state index in [-0.39, 0.29) is 5.82 Å². The van der Waals surface area contributed by atoms with Gasteiger partial charge in [0.25, 0.3) is 0 Å². The van der Waals surface area contributed by atoms with Crippen LogP contribution >= 0.6 is 15.9 Å². The van der Waals surface area contributed by atoms with E-state index in [9.17, 15) is 4.39 Å². The Balaban J connectivity index is 2.66. The van der Waals surface area contributed by atoms with Gasteiger partial charge in [0.1, 0.15) is 5.82 Å². The fraction of sp³-hybridized carbons (Fsp3) is 0.538. The molecule has 1 aromatic rings. The molecule has 0 aliphatic heterocycles. The van der Waals surface area contributed by atoms with Crippen LogP contribution in [0, 0.1) is 5.82 Å². The van der Waals surface area contributed by atoms with E-state index in [2.05, 4.69) is 15.9 Å². The first-order valence-electron chi connectivity index (χ1n) is 5.93. The van der Waals surface area contributed by atoms with E-state index in [1.807, 2.05) is 0 Å². The molecule has 1 aliphatic rings. The predicted molar refractivity (Wildman–Crippen MR) is 71.5 cm³/mol.